The fraction of sp³-hybridized carbons (Fsp3) is 0.500. The summed E-state index contributed by atoms with van der Waals surface area (Å²) in [5, 5.41) is 9.39. The van der Waals surface area contributed by atoms with E-state index in [0.29, 0.717) is 24.5 Å². The topological polar surface area (TPSA) is 46.5 Å². The van der Waals surface area contributed by atoms with E-state index in [1.165, 1.54) is 0 Å². The van der Waals surface area contributed by atoms with Gasteiger partial charge in [0.25, 0.3) is 0 Å². The second-order valence-electron chi connectivity index (χ2n) is 4.29. The van der Waals surface area contributed by atoms with Crippen LogP contribution in [-0.2, 0) is 11.2 Å². The van der Waals surface area contributed by atoms with E-state index in [2.05, 4.69) is 0 Å². The van der Waals surface area contributed by atoms with Crippen molar-refractivity contribution >= 4 is 17.6 Å². The maximum Gasteiger partial charge on any atom is 0.303 e. The molecule has 0 aliphatic rings. The third-order valence-corrected chi connectivity index (χ3v) is 3.29. The van der Waals surface area contributed by atoms with Gasteiger partial charge >= 0.3 is 5.97 Å². The Morgan fingerprint density at radius 1 is 1.44 bits per heavy atom. The van der Waals surface area contributed by atoms with E-state index < -0.39 is 5.97 Å². The number of carbonyl (C=O) groups is 1. The molecule has 100 valence electrons. The Labute approximate surface area is 113 Å². The minimum atomic E-state index is -0.774. The first-order valence-electron chi connectivity index (χ1n) is 6.10. The molecule has 1 aromatic carbocycles. The van der Waals surface area contributed by atoms with Gasteiger partial charge in [-0.3, -0.25) is 4.79 Å². The van der Waals surface area contributed by atoms with Crippen molar-refractivity contribution in [3.8, 4) is 5.75 Å². The van der Waals surface area contributed by atoms with Crippen molar-refractivity contribution in [1.29, 1.82) is 0 Å². The summed E-state index contributed by atoms with van der Waals surface area (Å²) < 4.78 is 5.66. The Morgan fingerprint density at radius 3 is 2.67 bits per heavy atom. The normalized spacial score (nSPS) is 10.4. The van der Waals surface area contributed by atoms with Gasteiger partial charge in [0.1, 0.15) is 5.75 Å². The summed E-state index contributed by atoms with van der Waals surface area (Å²) in [7, 11) is 0. The molecular formula is C14H19ClO3. The fourth-order valence-electron chi connectivity index (χ4n) is 1.98. The highest BCUT2D eigenvalue weighted by Crippen LogP contribution is 2.33. The molecule has 0 aliphatic heterocycles. The summed E-state index contributed by atoms with van der Waals surface area (Å²) in [4.78, 5) is 10.6. The number of aliphatic carboxylic acids is 1. The number of aryl methyl sites for hydroxylation is 1. The number of halogens is 1. The second-order valence-corrected chi connectivity index (χ2v) is 4.70. The van der Waals surface area contributed by atoms with E-state index >= 15 is 0 Å². The number of hydrogen-bond acceptors (Lipinski definition) is 2. The molecule has 0 amide bonds. The van der Waals surface area contributed by atoms with Gasteiger partial charge < -0.3 is 9.84 Å². The molecule has 4 heteroatoms. The Balaban J connectivity index is 3.01. The highest BCUT2D eigenvalue weighted by Gasteiger charge is 2.14. The van der Waals surface area contributed by atoms with Gasteiger partial charge in [0.2, 0.25) is 0 Å². The quantitative estimate of drug-likeness (QED) is 0.856. The summed E-state index contributed by atoms with van der Waals surface area (Å²) in [5.74, 6) is 0.0779. The van der Waals surface area contributed by atoms with Gasteiger partial charge in [-0.2, -0.15) is 0 Å². The summed E-state index contributed by atoms with van der Waals surface area (Å²) in [6, 6.07) is 1.89. The van der Waals surface area contributed by atoms with E-state index in [1.54, 1.807) is 0 Å². The van der Waals surface area contributed by atoms with Gasteiger partial charge in [0, 0.05) is 11.4 Å². The lowest BCUT2D eigenvalue weighted by Crippen LogP contribution is -2.03. The summed E-state index contributed by atoms with van der Waals surface area (Å²) >= 11 is 6.16. The van der Waals surface area contributed by atoms with Crippen molar-refractivity contribution in [2.75, 3.05) is 6.61 Å². The minimum Gasteiger partial charge on any atom is -0.493 e. The van der Waals surface area contributed by atoms with Gasteiger partial charge in [0.15, 0.2) is 0 Å². The van der Waals surface area contributed by atoms with Crippen molar-refractivity contribution in [1.82, 2.24) is 0 Å². The number of rotatable bonds is 6. The lowest BCUT2D eigenvalue weighted by molar-refractivity contribution is -0.137. The van der Waals surface area contributed by atoms with Gasteiger partial charge in [-0.15, -0.1) is 0 Å². The van der Waals surface area contributed by atoms with Crippen LogP contribution in [-0.4, -0.2) is 17.7 Å². The molecule has 0 saturated heterocycles. The Morgan fingerprint density at radius 2 is 2.11 bits per heavy atom. The molecule has 0 unspecified atom stereocenters. The van der Waals surface area contributed by atoms with E-state index in [4.69, 9.17) is 21.4 Å². The van der Waals surface area contributed by atoms with Crippen LogP contribution in [0.5, 0.6) is 5.75 Å². The number of carboxylic acids is 1. The van der Waals surface area contributed by atoms with Crippen LogP contribution in [0, 0.1) is 13.8 Å². The molecular weight excluding hydrogens is 252 g/mol. The molecule has 0 heterocycles. The second kappa shape index (κ2) is 6.64. The van der Waals surface area contributed by atoms with Crippen LogP contribution < -0.4 is 4.74 Å². The molecule has 0 bridgehead atoms. The van der Waals surface area contributed by atoms with Gasteiger partial charge in [-0.05, 0) is 56.4 Å². The van der Waals surface area contributed by atoms with Gasteiger partial charge in [0.05, 0.1) is 6.61 Å². The molecule has 3 nitrogen and oxygen atoms in total. The first-order valence-corrected chi connectivity index (χ1v) is 6.48. The van der Waals surface area contributed by atoms with E-state index in [9.17, 15) is 4.79 Å². The zero-order valence-electron chi connectivity index (χ0n) is 11.0. The predicted octanol–water partition coefficient (Wildman–Crippen LogP) is 3.76. The van der Waals surface area contributed by atoms with Crippen molar-refractivity contribution in [2.24, 2.45) is 0 Å². The Bertz CT molecular complexity index is 441. The maximum atomic E-state index is 10.6. The predicted molar refractivity (Wildman–Crippen MR) is 72.7 cm³/mol. The number of hydrogen-bond donors (Lipinski definition) is 1. The summed E-state index contributed by atoms with van der Waals surface area (Å²) in [5.41, 5.74) is 3.01. The molecule has 1 rings (SSSR count). The number of benzene rings is 1. The third kappa shape index (κ3) is 3.64. The maximum absolute atomic E-state index is 10.6. The van der Waals surface area contributed by atoms with E-state index in [0.717, 1.165) is 22.4 Å². The van der Waals surface area contributed by atoms with E-state index in [1.807, 2.05) is 26.8 Å². The number of ether oxygens (including phenoxy) is 1. The molecule has 1 aromatic rings. The molecule has 0 radical (unpaired) electrons. The zero-order chi connectivity index (χ0) is 13.7. The zero-order valence-corrected chi connectivity index (χ0v) is 11.8. The molecule has 18 heavy (non-hydrogen) atoms. The van der Waals surface area contributed by atoms with Crippen LogP contribution in [0.4, 0.5) is 0 Å². The smallest absolute Gasteiger partial charge is 0.303 e. The lowest BCUT2D eigenvalue weighted by Gasteiger charge is -2.16. The van der Waals surface area contributed by atoms with Crippen molar-refractivity contribution < 1.29 is 14.6 Å². The van der Waals surface area contributed by atoms with Crippen LogP contribution in [0.25, 0.3) is 0 Å². The molecule has 0 atom stereocenters. The number of carboxylic acid groups (broad SMARTS) is 1. The largest absolute Gasteiger partial charge is 0.493 e. The Hall–Kier alpha value is -1.22. The highest BCUT2D eigenvalue weighted by molar-refractivity contribution is 6.31. The fourth-order valence-corrected chi connectivity index (χ4v) is 2.26. The minimum absolute atomic E-state index is 0.163. The van der Waals surface area contributed by atoms with Crippen LogP contribution in [0.15, 0.2) is 6.07 Å². The molecule has 0 saturated carbocycles. The lowest BCUT2D eigenvalue weighted by atomic mass is 9.98. The average Bonchev–Trinajstić information content (AvgIpc) is 2.29. The van der Waals surface area contributed by atoms with Crippen LogP contribution >= 0.6 is 11.6 Å². The van der Waals surface area contributed by atoms with E-state index in [-0.39, 0.29) is 6.42 Å². The van der Waals surface area contributed by atoms with Gasteiger partial charge in [-0.25, -0.2) is 0 Å². The summed E-state index contributed by atoms with van der Waals surface area (Å²) in [6.45, 7) is 6.43. The van der Waals surface area contributed by atoms with Crippen LogP contribution in [0.1, 0.15) is 36.5 Å². The first-order chi connectivity index (χ1) is 8.47. The van der Waals surface area contributed by atoms with Crippen molar-refractivity contribution in [3.05, 3.63) is 27.8 Å². The van der Waals surface area contributed by atoms with Crippen molar-refractivity contribution in [2.45, 2.75) is 40.0 Å². The molecule has 1 N–H and O–H groups in total. The summed E-state index contributed by atoms with van der Waals surface area (Å²) in [6.07, 6.45) is 1.43. The monoisotopic (exact) mass is 270 g/mol. The Kier molecular flexibility index (Phi) is 5.48. The van der Waals surface area contributed by atoms with Gasteiger partial charge in [-0.1, -0.05) is 11.6 Å². The first kappa shape index (κ1) is 14.8. The molecule has 0 aliphatic carbocycles. The highest BCUT2D eigenvalue weighted by atomic mass is 35.5. The van der Waals surface area contributed by atoms with Crippen LogP contribution in [0.3, 0.4) is 0 Å². The average molecular weight is 271 g/mol. The SMILES string of the molecule is CCOc1c(C)cc(Cl)c(C)c1CCCC(=O)O. The van der Waals surface area contributed by atoms with Crippen molar-refractivity contribution in [3.63, 3.8) is 0 Å². The van der Waals surface area contributed by atoms with Crippen LogP contribution in [0.2, 0.25) is 5.02 Å². The molecule has 0 aromatic heterocycles. The standard InChI is InChI=1S/C14H19ClO3/c1-4-18-14-9(2)8-12(15)10(3)11(14)6-5-7-13(16)17/h8H,4-7H2,1-3H3,(H,16,17). The third-order valence-electron chi connectivity index (χ3n) is 2.89. The molecule has 0 fully saturated rings. The molecule has 0 spiro atoms.